The van der Waals surface area contributed by atoms with Gasteiger partial charge in [-0.25, -0.2) is 0 Å². The van der Waals surface area contributed by atoms with Crippen molar-refractivity contribution in [2.75, 3.05) is 0 Å². The number of nitrogens with zero attached hydrogens (tertiary/aromatic N) is 2. The maximum atomic E-state index is 5.81. The molecule has 3 heteroatoms. The fourth-order valence-electron chi connectivity index (χ4n) is 2.59. The molecule has 0 aliphatic carbocycles. The van der Waals surface area contributed by atoms with Gasteiger partial charge in [0.05, 0.1) is 5.52 Å². The summed E-state index contributed by atoms with van der Waals surface area (Å²) in [6.45, 7) is 2.05. The lowest BCUT2D eigenvalue weighted by atomic mass is 10.0. The Morgan fingerprint density at radius 2 is 1.81 bits per heavy atom. The summed E-state index contributed by atoms with van der Waals surface area (Å²) in [6.07, 6.45) is 4.12. The van der Waals surface area contributed by atoms with Gasteiger partial charge >= 0.3 is 0 Å². The maximum absolute atomic E-state index is 5.81. The molecule has 0 spiro atoms. The number of hydrogen-bond acceptors (Lipinski definition) is 2. The second-order valence-corrected chi connectivity index (χ2v) is 5.79. The third-order valence-electron chi connectivity index (χ3n) is 3.79. The second kappa shape index (κ2) is 5.70. The molecule has 0 fully saturated rings. The number of aromatic nitrogens is 2. The van der Waals surface area contributed by atoms with Gasteiger partial charge in [0.15, 0.2) is 0 Å². The quantitative estimate of drug-likeness (QED) is 0.794. The molecule has 0 bridgehead atoms. The Kier molecular flexibility index (Phi) is 3.76. The van der Waals surface area contributed by atoms with E-state index in [4.69, 9.17) is 5.73 Å². The van der Waals surface area contributed by atoms with Crippen LogP contribution >= 0.6 is 0 Å². The topological polar surface area (TPSA) is 43.8 Å². The molecule has 2 aromatic carbocycles. The fourth-order valence-corrected chi connectivity index (χ4v) is 2.59. The number of aryl methyl sites for hydroxylation is 2. The van der Waals surface area contributed by atoms with Crippen LogP contribution in [0, 0.1) is 0 Å². The van der Waals surface area contributed by atoms with Crippen LogP contribution in [-0.4, -0.2) is 15.8 Å². The standard InChI is InChI=1S/C18H21N3/c1-13(19)3-4-14-5-7-15(8-6-14)16-9-10-18-17(11-16)12-21(2)20-18/h5-13H,3-4,19H2,1-2H3. The molecule has 3 nitrogen and oxygen atoms in total. The highest BCUT2D eigenvalue weighted by Gasteiger charge is 2.03. The third-order valence-corrected chi connectivity index (χ3v) is 3.79. The van der Waals surface area contributed by atoms with E-state index in [1.54, 1.807) is 0 Å². The molecule has 108 valence electrons. The Morgan fingerprint density at radius 3 is 2.52 bits per heavy atom. The molecule has 2 N–H and O–H groups in total. The predicted octanol–water partition coefficient (Wildman–Crippen LogP) is 3.52. The van der Waals surface area contributed by atoms with Gasteiger partial charge in [-0.3, -0.25) is 4.68 Å². The zero-order chi connectivity index (χ0) is 14.8. The zero-order valence-electron chi connectivity index (χ0n) is 12.6. The normalized spacial score (nSPS) is 12.7. The molecule has 0 saturated heterocycles. The molecule has 0 aliphatic heterocycles. The van der Waals surface area contributed by atoms with E-state index < -0.39 is 0 Å². The monoisotopic (exact) mass is 279 g/mol. The minimum Gasteiger partial charge on any atom is -0.328 e. The van der Waals surface area contributed by atoms with Crippen LogP contribution in [0.4, 0.5) is 0 Å². The molecule has 3 aromatic rings. The molecule has 0 aliphatic rings. The van der Waals surface area contributed by atoms with Gasteiger partial charge < -0.3 is 5.73 Å². The van der Waals surface area contributed by atoms with E-state index in [0.717, 1.165) is 18.4 Å². The summed E-state index contributed by atoms with van der Waals surface area (Å²) < 4.78 is 1.85. The van der Waals surface area contributed by atoms with Gasteiger partial charge in [-0.15, -0.1) is 0 Å². The Bertz CT molecular complexity index is 739. The van der Waals surface area contributed by atoms with Gasteiger partial charge in [0.2, 0.25) is 0 Å². The van der Waals surface area contributed by atoms with Gasteiger partial charge in [0.25, 0.3) is 0 Å². The lowest BCUT2D eigenvalue weighted by Crippen LogP contribution is -2.15. The molecule has 0 saturated carbocycles. The van der Waals surface area contributed by atoms with Crippen LogP contribution in [0.25, 0.3) is 22.0 Å². The van der Waals surface area contributed by atoms with Crippen molar-refractivity contribution in [3.05, 3.63) is 54.2 Å². The van der Waals surface area contributed by atoms with Gasteiger partial charge in [0.1, 0.15) is 0 Å². The van der Waals surface area contributed by atoms with E-state index in [1.807, 2.05) is 11.7 Å². The van der Waals surface area contributed by atoms with Gasteiger partial charge in [0, 0.05) is 24.7 Å². The van der Waals surface area contributed by atoms with Crippen LogP contribution in [0.15, 0.2) is 48.7 Å². The number of rotatable bonds is 4. The van der Waals surface area contributed by atoms with Crippen LogP contribution in [-0.2, 0) is 13.5 Å². The Morgan fingerprint density at radius 1 is 1.10 bits per heavy atom. The molecule has 0 amide bonds. The Labute approximate surface area is 125 Å². The van der Waals surface area contributed by atoms with E-state index in [-0.39, 0.29) is 6.04 Å². The third kappa shape index (κ3) is 3.14. The predicted molar refractivity (Wildman–Crippen MR) is 88.1 cm³/mol. The van der Waals surface area contributed by atoms with Crippen molar-refractivity contribution in [3.63, 3.8) is 0 Å². The minimum absolute atomic E-state index is 0.262. The lowest BCUT2D eigenvalue weighted by molar-refractivity contribution is 0.666. The summed E-state index contributed by atoms with van der Waals surface area (Å²) in [4.78, 5) is 0. The first kappa shape index (κ1) is 13.8. The number of nitrogens with two attached hydrogens (primary N) is 1. The number of fused-ring (bicyclic) bond motifs is 1. The maximum Gasteiger partial charge on any atom is 0.0923 e. The molecule has 0 radical (unpaired) electrons. The first-order valence-electron chi connectivity index (χ1n) is 7.40. The van der Waals surface area contributed by atoms with E-state index >= 15 is 0 Å². The highest BCUT2D eigenvalue weighted by atomic mass is 15.2. The lowest BCUT2D eigenvalue weighted by Gasteiger charge is -2.07. The van der Waals surface area contributed by atoms with Crippen molar-refractivity contribution in [1.82, 2.24) is 9.78 Å². The Balaban J connectivity index is 1.84. The summed E-state index contributed by atoms with van der Waals surface area (Å²) in [7, 11) is 1.95. The summed E-state index contributed by atoms with van der Waals surface area (Å²) >= 11 is 0. The van der Waals surface area contributed by atoms with E-state index in [9.17, 15) is 0 Å². The van der Waals surface area contributed by atoms with Crippen molar-refractivity contribution in [2.24, 2.45) is 12.8 Å². The van der Waals surface area contributed by atoms with Crippen molar-refractivity contribution in [1.29, 1.82) is 0 Å². The van der Waals surface area contributed by atoms with Crippen molar-refractivity contribution < 1.29 is 0 Å². The van der Waals surface area contributed by atoms with E-state index in [0.29, 0.717) is 0 Å². The zero-order valence-corrected chi connectivity index (χ0v) is 12.6. The van der Waals surface area contributed by atoms with E-state index in [2.05, 4.69) is 60.7 Å². The van der Waals surface area contributed by atoms with Crippen LogP contribution < -0.4 is 5.73 Å². The van der Waals surface area contributed by atoms with Crippen LogP contribution in [0.5, 0.6) is 0 Å². The van der Waals surface area contributed by atoms with Crippen LogP contribution in [0.3, 0.4) is 0 Å². The van der Waals surface area contributed by atoms with Crippen molar-refractivity contribution in [3.8, 4) is 11.1 Å². The smallest absolute Gasteiger partial charge is 0.0923 e. The highest BCUT2D eigenvalue weighted by Crippen LogP contribution is 2.24. The molecule has 1 unspecified atom stereocenters. The summed E-state index contributed by atoms with van der Waals surface area (Å²) in [5.74, 6) is 0. The van der Waals surface area contributed by atoms with Gasteiger partial charge in [-0.2, -0.15) is 5.10 Å². The van der Waals surface area contributed by atoms with Gasteiger partial charge in [-0.1, -0.05) is 30.3 Å². The molecular weight excluding hydrogens is 258 g/mol. The molecule has 1 atom stereocenters. The number of benzene rings is 2. The van der Waals surface area contributed by atoms with Crippen LogP contribution in [0.1, 0.15) is 18.9 Å². The number of hydrogen-bond donors (Lipinski definition) is 1. The molecule has 3 rings (SSSR count). The van der Waals surface area contributed by atoms with E-state index in [1.165, 1.54) is 22.1 Å². The summed E-state index contributed by atoms with van der Waals surface area (Å²) in [5.41, 5.74) is 10.7. The average Bonchev–Trinajstić information content (AvgIpc) is 2.84. The first-order valence-corrected chi connectivity index (χ1v) is 7.40. The summed E-state index contributed by atoms with van der Waals surface area (Å²) in [5, 5.41) is 5.58. The molecule has 1 heterocycles. The molecule has 1 aromatic heterocycles. The van der Waals surface area contributed by atoms with Crippen molar-refractivity contribution in [2.45, 2.75) is 25.8 Å². The first-order chi connectivity index (χ1) is 10.1. The highest BCUT2D eigenvalue weighted by molar-refractivity contribution is 5.84. The summed E-state index contributed by atoms with van der Waals surface area (Å²) in [6, 6.07) is 15.4. The van der Waals surface area contributed by atoms with Crippen LogP contribution in [0.2, 0.25) is 0 Å². The minimum atomic E-state index is 0.262. The molecular formula is C18H21N3. The molecule has 21 heavy (non-hydrogen) atoms. The fraction of sp³-hybridized carbons (Fsp3) is 0.278. The van der Waals surface area contributed by atoms with Crippen molar-refractivity contribution >= 4 is 10.9 Å². The second-order valence-electron chi connectivity index (χ2n) is 5.79. The largest absolute Gasteiger partial charge is 0.328 e. The SMILES string of the molecule is CC(N)CCc1ccc(-c2ccc3nn(C)cc3c2)cc1. The van der Waals surface area contributed by atoms with Gasteiger partial charge in [-0.05, 0) is 48.6 Å². The average molecular weight is 279 g/mol. The Hall–Kier alpha value is -2.13.